The van der Waals surface area contributed by atoms with Crippen molar-refractivity contribution in [1.82, 2.24) is 35.9 Å². The Morgan fingerprint density at radius 1 is 0.909 bits per heavy atom. The number of nitrogens with zero attached hydrogens (tertiary/aromatic N) is 4. The fraction of sp³-hybridized carbons (Fsp3) is 0.304. The van der Waals surface area contributed by atoms with Crippen molar-refractivity contribution >= 4 is 58.2 Å². The fourth-order valence-electron chi connectivity index (χ4n) is 7.70. The van der Waals surface area contributed by atoms with Crippen LogP contribution in [0.3, 0.4) is 0 Å². The molecule has 2 aliphatic rings. The largest absolute Gasteiger partial charge is 0.481 e. The van der Waals surface area contributed by atoms with Gasteiger partial charge < -0.3 is 41.6 Å². The number of nitrogen functional groups attached to an aromatic ring is 1. The van der Waals surface area contributed by atoms with Crippen LogP contribution in [-0.2, 0) is 41.6 Å². The first-order chi connectivity index (χ1) is 31.9. The number of aliphatic carboxylic acids is 1. The van der Waals surface area contributed by atoms with E-state index in [9.17, 15) is 38.7 Å². The SMILES string of the molecule is Nc1nc2ncc(CNc3ccc(C(=O)NC(CCC(=O)O)C(=O)NCCNC(=O)CCC(=O)OC[N+]4(C5=CC(=O)c6cccc(-c7ccccc7)c6C5)CCCOC4)cc3)nc2c(=O)[nH]1. The number of allylic oxidation sites excluding steroid dienone is 2. The number of carboxylic acids is 1. The normalized spacial score (nSPS) is 16.0. The number of benzene rings is 3. The van der Waals surface area contributed by atoms with Crippen LogP contribution in [0.5, 0.6) is 0 Å². The van der Waals surface area contributed by atoms with E-state index in [1.807, 2.05) is 48.5 Å². The summed E-state index contributed by atoms with van der Waals surface area (Å²) in [7, 11) is 0. The summed E-state index contributed by atoms with van der Waals surface area (Å²) in [5.41, 5.74) is 10.7. The smallest absolute Gasteiger partial charge is 0.310 e. The van der Waals surface area contributed by atoms with E-state index in [1.54, 1.807) is 18.2 Å². The number of quaternary nitrogens is 1. The fourth-order valence-corrected chi connectivity index (χ4v) is 7.70. The predicted octanol–water partition coefficient (Wildman–Crippen LogP) is 2.57. The highest BCUT2D eigenvalue weighted by Gasteiger charge is 2.40. The number of hydrogen-bond acceptors (Lipinski definition) is 14. The molecular weight excluding hydrogens is 853 g/mol. The summed E-state index contributed by atoms with van der Waals surface area (Å²) in [6.45, 7) is 1.43. The summed E-state index contributed by atoms with van der Waals surface area (Å²) >= 11 is 0. The summed E-state index contributed by atoms with van der Waals surface area (Å²) in [5, 5.41) is 20.2. The van der Waals surface area contributed by atoms with Crippen LogP contribution < -0.4 is 32.6 Å². The molecular formula is C46H49N10O10+. The number of anilines is 2. The van der Waals surface area contributed by atoms with Crippen molar-refractivity contribution in [3.05, 3.63) is 124 Å². The minimum Gasteiger partial charge on any atom is -0.481 e. The number of aromatic amines is 1. The van der Waals surface area contributed by atoms with E-state index in [4.69, 9.17) is 15.2 Å². The van der Waals surface area contributed by atoms with Crippen LogP contribution >= 0.6 is 0 Å². The van der Waals surface area contributed by atoms with Gasteiger partial charge in [0.25, 0.3) is 11.5 Å². The molecule has 66 heavy (non-hydrogen) atoms. The van der Waals surface area contributed by atoms with E-state index in [-0.39, 0.29) is 85.3 Å². The Kier molecular flexibility index (Phi) is 14.8. The minimum absolute atomic E-state index is 0.00749. The van der Waals surface area contributed by atoms with Crippen molar-refractivity contribution in [2.24, 2.45) is 0 Å². The van der Waals surface area contributed by atoms with E-state index >= 15 is 0 Å². The zero-order chi connectivity index (χ0) is 46.6. The van der Waals surface area contributed by atoms with E-state index < -0.39 is 47.7 Å². The highest BCUT2D eigenvalue weighted by molar-refractivity contribution is 6.08. The van der Waals surface area contributed by atoms with Gasteiger partial charge in [0.2, 0.25) is 24.5 Å². The Bertz CT molecular complexity index is 2720. The van der Waals surface area contributed by atoms with Crippen molar-refractivity contribution in [2.75, 3.05) is 50.8 Å². The van der Waals surface area contributed by atoms with E-state index in [0.717, 1.165) is 22.4 Å². The highest BCUT2D eigenvalue weighted by atomic mass is 16.6. The first-order valence-electron chi connectivity index (χ1n) is 21.3. The van der Waals surface area contributed by atoms with Gasteiger partial charge in [0.15, 0.2) is 23.7 Å². The third-order valence-electron chi connectivity index (χ3n) is 11.2. The maximum atomic E-state index is 13.4. The molecule has 3 amide bonds. The molecule has 20 heteroatoms. The van der Waals surface area contributed by atoms with Crippen LogP contribution in [0.15, 0.2) is 95.6 Å². The second kappa shape index (κ2) is 21.2. The number of ketones is 1. The number of amides is 3. The second-order valence-electron chi connectivity index (χ2n) is 15.8. The van der Waals surface area contributed by atoms with Gasteiger partial charge in [0, 0.05) is 61.7 Å². The monoisotopic (exact) mass is 901 g/mol. The quantitative estimate of drug-likeness (QED) is 0.0356. The molecule has 342 valence electrons. The molecule has 8 N–H and O–H groups in total. The number of H-pyrrole nitrogens is 1. The van der Waals surface area contributed by atoms with Gasteiger partial charge in [-0.05, 0) is 47.4 Å². The zero-order valence-electron chi connectivity index (χ0n) is 35.8. The third kappa shape index (κ3) is 11.6. The minimum atomic E-state index is -1.20. The number of carbonyl (C=O) groups is 6. The molecule has 0 radical (unpaired) electrons. The number of aromatic nitrogens is 4. The molecule has 2 aromatic heterocycles. The number of carboxylic acid groups (broad SMARTS) is 1. The lowest BCUT2D eigenvalue weighted by Gasteiger charge is -2.42. The predicted molar refractivity (Wildman–Crippen MR) is 239 cm³/mol. The summed E-state index contributed by atoms with van der Waals surface area (Å²) in [4.78, 5) is 104. The van der Waals surface area contributed by atoms with Crippen molar-refractivity contribution < 1.29 is 47.8 Å². The first-order valence-corrected chi connectivity index (χ1v) is 21.3. The molecule has 1 fully saturated rings. The van der Waals surface area contributed by atoms with Gasteiger partial charge in [-0.3, -0.25) is 38.5 Å². The molecule has 3 aromatic carbocycles. The Morgan fingerprint density at radius 2 is 1.68 bits per heavy atom. The molecule has 20 nitrogen and oxygen atoms in total. The Morgan fingerprint density at radius 3 is 2.44 bits per heavy atom. The number of fused-ring (bicyclic) bond motifs is 2. The molecule has 2 unspecified atom stereocenters. The van der Waals surface area contributed by atoms with Crippen LogP contribution in [0.25, 0.3) is 22.3 Å². The molecule has 1 saturated heterocycles. The van der Waals surface area contributed by atoms with Crippen LogP contribution in [-0.4, -0.2) is 111 Å². The van der Waals surface area contributed by atoms with Crippen LogP contribution in [0, 0.1) is 0 Å². The molecule has 0 spiro atoms. The number of nitrogens with two attached hydrogens (primary N) is 1. The average Bonchev–Trinajstić information content (AvgIpc) is 3.32. The molecule has 1 aliphatic heterocycles. The summed E-state index contributed by atoms with van der Waals surface area (Å²) in [6, 6.07) is 20.6. The molecule has 7 rings (SSSR count). The van der Waals surface area contributed by atoms with Gasteiger partial charge in [0.05, 0.1) is 38.0 Å². The van der Waals surface area contributed by atoms with Crippen molar-refractivity contribution in [3.63, 3.8) is 0 Å². The topological polar surface area (TPSA) is 287 Å². The van der Waals surface area contributed by atoms with Crippen LogP contribution in [0.2, 0.25) is 0 Å². The van der Waals surface area contributed by atoms with Crippen LogP contribution in [0.1, 0.15) is 64.1 Å². The maximum Gasteiger partial charge on any atom is 0.310 e. The number of rotatable bonds is 19. The van der Waals surface area contributed by atoms with Gasteiger partial charge in [-0.2, -0.15) is 4.98 Å². The Balaban J connectivity index is 0.850. The molecule has 1 aliphatic carbocycles. The molecule has 3 heterocycles. The van der Waals surface area contributed by atoms with E-state index in [0.29, 0.717) is 42.9 Å². The summed E-state index contributed by atoms with van der Waals surface area (Å²) in [5.74, 6) is -3.69. The van der Waals surface area contributed by atoms with Crippen molar-refractivity contribution in [2.45, 2.75) is 51.1 Å². The van der Waals surface area contributed by atoms with Gasteiger partial charge in [-0.1, -0.05) is 48.5 Å². The number of carbonyl (C=O) groups excluding carboxylic acids is 5. The second-order valence-corrected chi connectivity index (χ2v) is 15.8. The summed E-state index contributed by atoms with van der Waals surface area (Å²) < 4.78 is 11.7. The Hall–Kier alpha value is -7.84. The maximum absolute atomic E-state index is 13.4. The van der Waals surface area contributed by atoms with E-state index in [2.05, 4.69) is 41.2 Å². The summed E-state index contributed by atoms with van der Waals surface area (Å²) in [6.07, 6.45) is 3.25. The van der Waals surface area contributed by atoms with Crippen molar-refractivity contribution in [3.8, 4) is 11.1 Å². The van der Waals surface area contributed by atoms with Gasteiger partial charge in [0.1, 0.15) is 11.7 Å². The Labute approximate surface area is 377 Å². The molecule has 2 atom stereocenters. The van der Waals surface area contributed by atoms with Gasteiger partial charge in [-0.15, -0.1) is 0 Å². The number of esters is 1. The standard InChI is InChI=1S/C46H48N10O10/c47-46-54-42-41(45(64)55-46)52-31(25-51-42)24-50-30-12-10-29(11-13-30)43(62)53-36(14-16-39(59)60)44(63)49-19-18-48-38(58)15-17-40(61)66-27-56(20-5-21-65-26-56)32-22-35-33(28-6-2-1-3-7-28)8-4-9-34(35)37(57)23-32/h1-4,6-13,23,25,36H,5,14-22,24,26-27H2,(H7-,47,48,49,50,51,53,54,55,58,59,60,62,63,64)/p+1. The van der Waals surface area contributed by atoms with Crippen LogP contribution in [0.4, 0.5) is 11.6 Å². The lowest BCUT2D eigenvalue weighted by Crippen LogP contribution is -2.55. The number of hydrogen-bond donors (Lipinski definition) is 7. The van der Waals surface area contributed by atoms with E-state index in [1.165, 1.54) is 18.3 Å². The van der Waals surface area contributed by atoms with Gasteiger partial charge in [-0.25, -0.2) is 14.5 Å². The first kappa shape index (κ1) is 46.2. The molecule has 5 aromatic rings. The lowest BCUT2D eigenvalue weighted by molar-refractivity contribution is -0.934. The molecule has 0 saturated carbocycles. The number of ether oxygens (including phenoxy) is 2. The van der Waals surface area contributed by atoms with Gasteiger partial charge >= 0.3 is 11.9 Å². The third-order valence-corrected chi connectivity index (χ3v) is 11.2. The van der Waals surface area contributed by atoms with Crippen molar-refractivity contribution in [1.29, 1.82) is 0 Å². The zero-order valence-corrected chi connectivity index (χ0v) is 35.8. The highest BCUT2D eigenvalue weighted by Crippen LogP contribution is 2.36. The number of nitrogens with one attached hydrogen (secondary N) is 5. The molecule has 0 bridgehead atoms. The lowest BCUT2D eigenvalue weighted by atomic mass is 9.86. The average molecular weight is 902 g/mol.